The maximum absolute atomic E-state index is 13.2. The Labute approximate surface area is 119 Å². The summed E-state index contributed by atoms with van der Waals surface area (Å²) in [5.41, 5.74) is 0.975. The molecule has 6 heteroatoms. The van der Waals surface area contributed by atoms with E-state index >= 15 is 0 Å². The number of ether oxygens (including phenoxy) is 1. The normalized spacial score (nSPS) is 23.9. The molecular weight excluding hydrogens is 260 g/mol. The van der Waals surface area contributed by atoms with Crippen LogP contribution in [0, 0.1) is 11.7 Å². The van der Waals surface area contributed by atoms with Crippen LogP contribution in [0.25, 0.3) is 0 Å². The molecule has 0 amide bonds. The van der Waals surface area contributed by atoms with Crippen molar-refractivity contribution in [2.45, 2.75) is 26.0 Å². The molecule has 20 heavy (non-hydrogen) atoms. The maximum atomic E-state index is 13.2. The summed E-state index contributed by atoms with van der Waals surface area (Å²) in [5.74, 6) is 0.0613. The van der Waals surface area contributed by atoms with Gasteiger partial charge in [0.15, 0.2) is 0 Å². The molecule has 0 saturated carbocycles. The maximum Gasteiger partial charge on any atom is 0.488 e. The standard InChI is InChI=1S/C14H21BFNO3/c1-10-5-6-17(9-14(10)20-2)8-11-3-4-12(16)7-13(11)15(18)19/h3-4,7,10,14,18-19H,5-6,8-9H2,1-2H3. The van der Waals surface area contributed by atoms with E-state index < -0.39 is 12.9 Å². The van der Waals surface area contributed by atoms with E-state index in [0.29, 0.717) is 12.5 Å². The van der Waals surface area contributed by atoms with Gasteiger partial charge in [0, 0.05) is 20.2 Å². The average molecular weight is 281 g/mol. The topological polar surface area (TPSA) is 52.9 Å². The minimum absolute atomic E-state index is 0.187. The van der Waals surface area contributed by atoms with Crippen LogP contribution in [0.5, 0.6) is 0 Å². The number of methoxy groups -OCH3 is 1. The largest absolute Gasteiger partial charge is 0.488 e. The fourth-order valence-corrected chi connectivity index (χ4v) is 2.74. The molecule has 0 spiro atoms. The number of benzene rings is 1. The van der Waals surface area contributed by atoms with E-state index in [9.17, 15) is 14.4 Å². The van der Waals surface area contributed by atoms with Crippen molar-refractivity contribution in [2.75, 3.05) is 20.2 Å². The van der Waals surface area contributed by atoms with Crippen molar-refractivity contribution in [2.24, 2.45) is 5.92 Å². The summed E-state index contributed by atoms with van der Waals surface area (Å²) in [5, 5.41) is 18.7. The van der Waals surface area contributed by atoms with Gasteiger partial charge in [-0.25, -0.2) is 4.39 Å². The first-order chi connectivity index (χ1) is 9.51. The molecule has 0 radical (unpaired) electrons. The van der Waals surface area contributed by atoms with Gasteiger partial charge in [-0.3, -0.25) is 4.90 Å². The highest BCUT2D eigenvalue weighted by Crippen LogP contribution is 2.20. The van der Waals surface area contributed by atoms with Gasteiger partial charge in [-0.05, 0) is 42.0 Å². The van der Waals surface area contributed by atoms with Crippen molar-refractivity contribution >= 4 is 12.6 Å². The van der Waals surface area contributed by atoms with Crippen molar-refractivity contribution in [3.8, 4) is 0 Å². The van der Waals surface area contributed by atoms with Crippen molar-refractivity contribution in [3.05, 3.63) is 29.6 Å². The van der Waals surface area contributed by atoms with Crippen LogP contribution < -0.4 is 5.46 Å². The SMILES string of the molecule is COC1CN(Cc2ccc(F)cc2B(O)O)CCC1C. The molecule has 1 aromatic carbocycles. The number of likely N-dealkylation sites (tertiary alicyclic amines) is 1. The van der Waals surface area contributed by atoms with Crippen LogP contribution in [0.2, 0.25) is 0 Å². The van der Waals surface area contributed by atoms with E-state index in [0.717, 1.165) is 25.1 Å². The molecule has 0 aliphatic carbocycles. The molecule has 1 aliphatic rings. The van der Waals surface area contributed by atoms with E-state index in [4.69, 9.17) is 4.74 Å². The predicted octanol–water partition coefficient (Wildman–Crippen LogP) is 0.362. The van der Waals surface area contributed by atoms with Gasteiger partial charge >= 0.3 is 7.12 Å². The lowest BCUT2D eigenvalue weighted by Gasteiger charge is -2.36. The zero-order valence-corrected chi connectivity index (χ0v) is 11.9. The van der Waals surface area contributed by atoms with E-state index in [1.165, 1.54) is 12.1 Å². The number of hydrogen-bond acceptors (Lipinski definition) is 4. The molecule has 2 rings (SSSR count). The summed E-state index contributed by atoms with van der Waals surface area (Å²) in [4.78, 5) is 2.20. The Morgan fingerprint density at radius 1 is 1.45 bits per heavy atom. The summed E-state index contributed by atoms with van der Waals surface area (Å²) >= 11 is 0. The molecule has 1 saturated heterocycles. The number of halogens is 1. The molecule has 1 fully saturated rings. The van der Waals surface area contributed by atoms with Crippen LogP contribution in [0.3, 0.4) is 0 Å². The number of rotatable bonds is 4. The molecule has 1 aliphatic heterocycles. The Bertz CT molecular complexity index is 458. The quantitative estimate of drug-likeness (QED) is 0.783. The summed E-state index contributed by atoms with van der Waals surface area (Å²) in [7, 11) is 0.0634. The predicted molar refractivity (Wildman–Crippen MR) is 76.1 cm³/mol. The van der Waals surface area contributed by atoms with Gasteiger partial charge in [0.25, 0.3) is 0 Å². The first kappa shape index (κ1) is 15.4. The molecule has 1 heterocycles. The number of hydrogen-bond donors (Lipinski definition) is 2. The summed E-state index contributed by atoms with van der Waals surface area (Å²) in [6, 6.07) is 4.14. The Balaban J connectivity index is 2.10. The van der Waals surface area contributed by atoms with Crippen LogP contribution in [-0.2, 0) is 11.3 Å². The minimum Gasteiger partial charge on any atom is -0.423 e. The minimum atomic E-state index is -1.65. The second-order valence-corrected chi connectivity index (χ2v) is 5.49. The first-order valence-electron chi connectivity index (χ1n) is 6.91. The van der Waals surface area contributed by atoms with E-state index in [2.05, 4.69) is 11.8 Å². The van der Waals surface area contributed by atoms with Gasteiger partial charge in [-0.2, -0.15) is 0 Å². The zero-order chi connectivity index (χ0) is 14.7. The highest BCUT2D eigenvalue weighted by atomic mass is 19.1. The Kier molecular flexibility index (Phi) is 5.15. The Hall–Kier alpha value is -0.945. The van der Waals surface area contributed by atoms with Crippen LogP contribution in [0.4, 0.5) is 4.39 Å². The fourth-order valence-electron chi connectivity index (χ4n) is 2.74. The Morgan fingerprint density at radius 2 is 2.20 bits per heavy atom. The third-order valence-corrected chi connectivity index (χ3v) is 4.06. The van der Waals surface area contributed by atoms with Crippen LogP contribution in [0.1, 0.15) is 18.9 Å². The van der Waals surface area contributed by atoms with Crippen LogP contribution in [0.15, 0.2) is 18.2 Å². The van der Waals surface area contributed by atoms with Gasteiger partial charge in [0.1, 0.15) is 5.82 Å². The van der Waals surface area contributed by atoms with Crippen molar-refractivity contribution in [1.82, 2.24) is 4.90 Å². The molecule has 2 N–H and O–H groups in total. The molecule has 4 nitrogen and oxygen atoms in total. The van der Waals surface area contributed by atoms with Crippen LogP contribution in [-0.4, -0.2) is 48.4 Å². The lowest BCUT2D eigenvalue weighted by atomic mass is 9.76. The highest BCUT2D eigenvalue weighted by Gasteiger charge is 2.27. The van der Waals surface area contributed by atoms with Gasteiger partial charge in [0.05, 0.1) is 6.10 Å². The third kappa shape index (κ3) is 3.58. The molecular formula is C14H21BFNO3. The van der Waals surface area contributed by atoms with Gasteiger partial charge in [-0.15, -0.1) is 0 Å². The Morgan fingerprint density at radius 3 is 2.85 bits per heavy atom. The number of piperidine rings is 1. The summed E-state index contributed by atoms with van der Waals surface area (Å²) < 4.78 is 18.7. The molecule has 2 unspecified atom stereocenters. The second kappa shape index (κ2) is 6.67. The van der Waals surface area contributed by atoms with Crippen LogP contribution >= 0.6 is 0 Å². The monoisotopic (exact) mass is 281 g/mol. The smallest absolute Gasteiger partial charge is 0.423 e. The second-order valence-electron chi connectivity index (χ2n) is 5.49. The number of nitrogens with zero attached hydrogens (tertiary/aromatic N) is 1. The van der Waals surface area contributed by atoms with E-state index in [1.54, 1.807) is 13.2 Å². The van der Waals surface area contributed by atoms with Gasteiger partial charge in [0.2, 0.25) is 0 Å². The van der Waals surface area contributed by atoms with Crippen molar-refractivity contribution in [1.29, 1.82) is 0 Å². The third-order valence-electron chi connectivity index (χ3n) is 4.06. The zero-order valence-electron chi connectivity index (χ0n) is 11.9. The summed E-state index contributed by atoms with van der Waals surface area (Å²) in [6.45, 7) is 4.47. The lowest BCUT2D eigenvalue weighted by molar-refractivity contribution is -0.00738. The molecule has 0 bridgehead atoms. The average Bonchev–Trinajstić information content (AvgIpc) is 2.42. The molecule has 2 atom stereocenters. The van der Waals surface area contributed by atoms with Gasteiger partial charge in [-0.1, -0.05) is 13.0 Å². The van der Waals surface area contributed by atoms with Crippen molar-refractivity contribution in [3.63, 3.8) is 0 Å². The lowest BCUT2D eigenvalue weighted by Crippen LogP contribution is -2.45. The molecule has 0 aromatic heterocycles. The van der Waals surface area contributed by atoms with Gasteiger partial charge < -0.3 is 14.8 Å². The van der Waals surface area contributed by atoms with Crippen molar-refractivity contribution < 1.29 is 19.2 Å². The molecule has 110 valence electrons. The first-order valence-corrected chi connectivity index (χ1v) is 6.91. The summed E-state index contributed by atoms with van der Waals surface area (Å²) in [6.07, 6.45) is 1.23. The molecule has 1 aromatic rings. The van der Waals surface area contributed by atoms with E-state index in [-0.39, 0.29) is 11.6 Å². The fraction of sp³-hybridized carbons (Fsp3) is 0.571. The van der Waals surface area contributed by atoms with E-state index in [1.807, 2.05) is 0 Å². The highest BCUT2D eigenvalue weighted by molar-refractivity contribution is 6.59.